The molecule has 5 nitrogen and oxygen atoms in total. The first kappa shape index (κ1) is 26.0. The van der Waals surface area contributed by atoms with Gasteiger partial charge < -0.3 is 19.6 Å². The van der Waals surface area contributed by atoms with Crippen LogP contribution < -0.4 is 4.74 Å². The minimum atomic E-state index is -4.10. The molecule has 0 aromatic heterocycles. The van der Waals surface area contributed by atoms with Gasteiger partial charge in [-0.15, -0.1) is 0 Å². The van der Waals surface area contributed by atoms with Crippen LogP contribution in [0.25, 0.3) is 11.1 Å². The number of β-amino-alcohol motifs (C(OH)–C–C–N with tert-alkyl or cyclic N) is 1. The molecule has 0 spiro atoms. The number of carbonyl (C=O) groups excluding carboxylic acids is 1. The second-order valence-corrected chi connectivity index (χ2v) is 11.0. The second kappa shape index (κ2) is 10.7. The standard InChI is InChI=1S/C29H35F3N2O3/c30-29(31,32)28(13-1-14-28)20-33-15-10-21(11-16-33)19-37-26-8-6-23(7-9-26)22-2-4-24(5-3-22)27(36)34-17-12-25(35)18-34/h2-9,21,25,35H,1,10-20H2. The van der Waals surface area contributed by atoms with Gasteiger partial charge in [-0.1, -0.05) is 30.7 Å². The first-order chi connectivity index (χ1) is 17.7. The van der Waals surface area contributed by atoms with E-state index < -0.39 is 17.7 Å². The van der Waals surface area contributed by atoms with Crippen molar-refractivity contribution in [2.24, 2.45) is 11.3 Å². The summed E-state index contributed by atoms with van der Waals surface area (Å²) >= 11 is 0. The topological polar surface area (TPSA) is 53.0 Å². The molecule has 2 heterocycles. The van der Waals surface area contributed by atoms with Crippen molar-refractivity contribution >= 4 is 5.91 Å². The van der Waals surface area contributed by atoms with E-state index in [-0.39, 0.29) is 25.3 Å². The number of hydrogen-bond donors (Lipinski definition) is 1. The number of rotatable bonds is 7. The minimum absolute atomic E-state index is 0.0550. The summed E-state index contributed by atoms with van der Waals surface area (Å²) in [7, 11) is 0. The van der Waals surface area contributed by atoms with Crippen molar-refractivity contribution in [2.45, 2.75) is 50.8 Å². The van der Waals surface area contributed by atoms with Crippen LogP contribution in [0.2, 0.25) is 0 Å². The first-order valence-electron chi connectivity index (χ1n) is 13.3. The SMILES string of the molecule is O=C(c1ccc(-c2ccc(OCC3CCN(CC4(C(F)(F)F)CCC4)CC3)cc2)cc1)N1CCC(O)C1. The second-order valence-electron chi connectivity index (χ2n) is 11.0. The highest BCUT2D eigenvalue weighted by molar-refractivity contribution is 5.95. The Morgan fingerprint density at radius 1 is 0.946 bits per heavy atom. The van der Waals surface area contributed by atoms with Gasteiger partial charge in [-0.2, -0.15) is 13.2 Å². The number of piperidine rings is 1. The molecule has 8 heteroatoms. The van der Waals surface area contributed by atoms with Gasteiger partial charge in [-0.25, -0.2) is 0 Å². The Balaban J connectivity index is 1.08. The van der Waals surface area contributed by atoms with Crippen molar-refractivity contribution in [1.82, 2.24) is 9.80 Å². The van der Waals surface area contributed by atoms with E-state index in [0.717, 1.165) is 29.7 Å². The lowest BCUT2D eigenvalue weighted by molar-refractivity contribution is -0.256. The fraction of sp³-hybridized carbons (Fsp3) is 0.552. The summed E-state index contributed by atoms with van der Waals surface area (Å²) in [5, 5.41) is 9.66. The minimum Gasteiger partial charge on any atom is -0.493 e. The molecule has 2 aliphatic heterocycles. The van der Waals surface area contributed by atoms with E-state index in [9.17, 15) is 23.1 Å². The lowest BCUT2D eigenvalue weighted by atomic mass is 9.67. The van der Waals surface area contributed by atoms with Crippen molar-refractivity contribution < 1.29 is 27.8 Å². The average Bonchev–Trinajstić information content (AvgIpc) is 3.31. The molecule has 2 saturated heterocycles. The smallest absolute Gasteiger partial charge is 0.395 e. The highest BCUT2D eigenvalue weighted by Gasteiger charge is 2.58. The maximum Gasteiger partial charge on any atom is 0.395 e. The van der Waals surface area contributed by atoms with Crippen LogP contribution >= 0.6 is 0 Å². The van der Waals surface area contributed by atoms with Crippen LogP contribution in [-0.2, 0) is 0 Å². The molecule has 1 atom stereocenters. The summed E-state index contributed by atoms with van der Waals surface area (Å²) in [6.07, 6.45) is -0.990. The van der Waals surface area contributed by atoms with Crippen LogP contribution in [0.5, 0.6) is 5.75 Å². The molecule has 1 aliphatic carbocycles. The average molecular weight is 517 g/mol. The number of aliphatic hydroxyl groups excluding tert-OH is 1. The molecule has 2 aromatic rings. The first-order valence-corrected chi connectivity index (χ1v) is 13.3. The molecule has 1 saturated carbocycles. The number of ether oxygens (including phenoxy) is 1. The largest absolute Gasteiger partial charge is 0.493 e. The number of nitrogens with zero attached hydrogens (tertiary/aromatic N) is 2. The predicted molar refractivity (Wildman–Crippen MR) is 135 cm³/mol. The summed E-state index contributed by atoms with van der Waals surface area (Å²) in [5.74, 6) is 1.07. The van der Waals surface area contributed by atoms with Crippen LogP contribution in [0, 0.1) is 11.3 Å². The maximum atomic E-state index is 13.5. The van der Waals surface area contributed by atoms with Gasteiger partial charge >= 0.3 is 6.18 Å². The van der Waals surface area contributed by atoms with Crippen molar-refractivity contribution in [2.75, 3.05) is 39.3 Å². The van der Waals surface area contributed by atoms with Gasteiger partial charge in [0.2, 0.25) is 0 Å². The van der Waals surface area contributed by atoms with E-state index >= 15 is 0 Å². The summed E-state index contributed by atoms with van der Waals surface area (Å²) < 4.78 is 46.5. The molecule has 5 rings (SSSR count). The monoisotopic (exact) mass is 516 g/mol. The van der Waals surface area contributed by atoms with E-state index in [1.807, 2.05) is 53.4 Å². The van der Waals surface area contributed by atoms with Crippen LogP contribution in [-0.4, -0.2) is 72.4 Å². The number of hydrogen-bond acceptors (Lipinski definition) is 4. The fourth-order valence-electron chi connectivity index (χ4n) is 5.75. The summed E-state index contributed by atoms with van der Waals surface area (Å²) in [6, 6.07) is 15.3. The third-order valence-electron chi connectivity index (χ3n) is 8.40. The number of likely N-dealkylation sites (tertiary alicyclic amines) is 2. The zero-order valence-electron chi connectivity index (χ0n) is 21.1. The van der Waals surface area contributed by atoms with Crippen molar-refractivity contribution in [3.05, 3.63) is 54.1 Å². The van der Waals surface area contributed by atoms with Crippen LogP contribution in [0.4, 0.5) is 13.2 Å². The molecule has 3 fully saturated rings. The van der Waals surface area contributed by atoms with Crippen molar-refractivity contribution in [3.63, 3.8) is 0 Å². The molecule has 1 unspecified atom stereocenters. The zero-order chi connectivity index (χ0) is 26.0. The number of alkyl halides is 3. The van der Waals surface area contributed by atoms with Crippen LogP contribution in [0.1, 0.15) is 48.9 Å². The third kappa shape index (κ3) is 5.80. The maximum absolute atomic E-state index is 13.5. The molecular formula is C29H35F3N2O3. The molecule has 0 radical (unpaired) electrons. The van der Waals surface area contributed by atoms with Gasteiger partial charge in [0.05, 0.1) is 18.1 Å². The normalized spacial score (nSPS) is 22.6. The van der Waals surface area contributed by atoms with Crippen molar-refractivity contribution in [1.29, 1.82) is 0 Å². The lowest BCUT2D eigenvalue weighted by Gasteiger charge is -2.47. The molecule has 0 bridgehead atoms. The van der Waals surface area contributed by atoms with Gasteiger partial charge in [-0.3, -0.25) is 4.79 Å². The van der Waals surface area contributed by atoms with E-state index in [0.29, 0.717) is 57.1 Å². The van der Waals surface area contributed by atoms with Gasteiger partial charge in [0.25, 0.3) is 5.91 Å². The van der Waals surface area contributed by atoms with E-state index in [4.69, 9.17) is 4.74 Å². The number of benzene rings is 2. The van der Waals surface area contributed by atoms with Crippen LogP contribution in [0.15, 0.2) is 48.5 Å². The third-order valence-corrected chi connectivity index (χ3v) is 8.40. The van der Waals surface area contributed by atoms with Crippen LogP contribution in [0.3, 0.4) is 0 Å². The van der Waals surface area contributed by atoms with Gasteiger partial charge in [0, 0.05) is 25.2 Å². The highest BCUT2D eigenvalue weighted by Crippen LogP contribution is 2.53. The molecule has 1 N–H and O–H groups in total. The summed E-state index contributed by atoms with van der Waals surface area (Å²) in [4.78, 5) is 16.2. The summed E-state index contributed by atoms with van der Waals surface area (Å²) in [6.45, 7) is 3.08. The van der Waals surface area contributed by atoms with Gasteiger partial charge in [-0.05, 0) is 86.5 Å². The Bertz CT molecular complexity index is 1060. The molecular weight excluding hydrogens is 481 g/mol. The number of aliphatic hydroxyl groups is 1. The Labute approximate surface area is 216 Å². The molecule has 37 heavy (non-hydrogen) atoms. The number of halogens is 3. The molecule has 2 aromatic carbocycles. The lowest BCUT2D eigenvalue weighted by Crippen LogP contribution is -2.53. The Morgan fingerprint density at radius 2 is 1.57 bits per heavy atom. The van der Waals surface area contributed by atoms with E-state index in [2.05, 4.69) is 0 Å². The predicted octanol–water partition coefficient (Wildman–Crippen LogP) is 5.38. The zero-order valence-corrected chi connectivity index (χ0v) is 21.1. The molecule has 1 amide bonds. The number of amides is 1. The van der Waals surface area contributed by atoms with E-state index in [1.165, 1.54) is 0 Å². The summed E-state index contributed by atoms with van der Waals surface area (Å²) in [5.41, 5.74) is 1.15. The highest BCUT2D eigenvalue weighted by atomic mass is 19.4. The van der Waals surface area contributed by atoms with Gasteiger partial charge in [0.1, 0.15) is 5.75 Å². The fourth-order valence-corrected chi connectivity index (χ4v) is 5.75. The van der Waals surface area contributed by atoms with E-state index in [1.54, 1.807) is 4.90 Å². The Hall–Kier alpha value is -2.58. The van der Waals surface area contributed by atoms with Crippen molar-refractivity contribution in [3.8, 4) is 16.9 Å². The van der Waals surface area contributed by atoms with Gasteiger partial charge in [0.15, 0.2) is 0 Å². The quantitative estimate of drug-likeness (QED) is 0.537. The molecule has 200 valence electrons. The Morgan fingerprint density at radius 3 is 2.08 bits per heavy atom. The number of carbonyl (C=O) groups is 1. The molecule has 3 aliphatic rings. The Kier molecular flexibility index (Phi) is 7.50.